The van der Waals surface area contributed by atoms with Crippen molar-refractivity contribution in [2.45, 2.75) is 20.4 Å². The van der Waals surface area contributed by atoms with Crippen LogP contribution in [-0.4, -0.2) is 22.6 Å². The topological polar surface area (TPSA) is 56.1 Å². The van der Waals surface area contributed by atoms with Gasteiger partial charge in [-0.3, -0.25) is 4.79 Å². The summed E-state index contributed by atoms with van der Waals surface area (Å²) < 4.78 is 7.09. The van der Waals surface area contributed by atoms with Crippen LogP contribution in [0.3, 0.4) is 0 Å². The number of rotatable bonds is 5. The molecule has 0 aliphatic heterocycles. The van der Waals surface area contributed by atoms with E-state index >= 15 is 0 Å². The number of hydrogen-bond donors (Lipinski definition) is 1. The van der Waals surface area contributed by atoms with E-state index in [4.69, 9.17) is 4.74 Å². The molecule has 0 aliphatic carbocycles. The molecular formula is C18H19N3O2S. The minimum atomic E-state index is -0.0728. The molecule has 3 rings (SSSR count). The Hall–Kier alpha value is -2.60. The first-order chi connectivity index (χ1) is 11.6. The van der Waals surface area contributed by atoms with Crippen molar-refractivity contribution in [3.05, 3.63) is 64.4 Å². The summed E-state index contributed by atoms with van der Waals surface area (Å²) in [6.07, 6.45) is 5.58. The van der Waals surface area contributed by atoms with Gasteiger partial charge >= 0.3 is 0 Å². The van der Waals surface area contributed by atoms with E-state index in [0.29, 0.717) is 12.4 Å². The molecule has 0 aromatic carbocycles. The maximum Gasteiger partial charge on any atom is 0.254 e. The highest BCUT2D eigenvalue weighted by Gasteiger charge is 2.20. The number of methoxy groups -OCH3 is 1. The third-order valence-electron chi connectivity index (χ3n) is 3.89. The SMILES string of the molecule is COc1cc(CNC(=O)c2c(-n3cccc3)sc(C)c2C)ccn1. The van der Waals surface area contributed by atoms with Crippen LogP contribution in [0.4, 0.5) is 0 Å². The minimum Gasteiger partial charge on any atom is -0.481 e. The van der Waals surface area contributed by atoms with Crippen molar-refractivity contribution >= 4 is 17.2 Å². The number of aryl methyl sites for hydroxylation is 1. The molecule has 0 bridgehead atoms. The van der Waals surface area contributed by atoms with E-state index in [9.17, 15) is 4.79 Å². The summed E-state index contributed by atoms with van der Waals surface area (Å²) in [5, 5.41) is 3.94. The summed E-state index contributed by atoms with van der Waals surface area (Å²) in [6, 6.07) is 7.59. The second-order valence-electron chi connectivity index (χ2n) is 5.44. The van der Waals surface area contributed by atoms with Crippen molar-refractivity contribution < 1.29 is 9.53 Å². The fraction of sp³-hybridized carbons (Fsp3) is 0.222. The molecular weight excluding hydrogens is 322 g/mol. The van der Waals surface area contributed by atoms with E-state index in [1.54, 1.807) is 24.6 Å². The number of thiophene rings is 1. The van der Waals surface area contributed by atoms with Gasteiger partial charge in [0.05, 0.1) is 12.7 Å². The molecule has 0 saturated carbocycles. The van der Waals surface area contributed by atoms with Crippen LogP contribution < -0.4 is 10.1 Å². The molecule has 0 unspecified atom stereocenters. The number of nitrogens with one attached hydrogen (secondary N) is 1. The lowest BCUT2D eigenvalue weighted by Crippen LogP contribution is -2.24. The van der Waals surface area contributed by atoms with E-state index in [1.165, 1.54) is 0 Å². The Labute approximate surface area is 144 Å². The van der Waals surface area contributed by atoms with Gasteiger partial charge in [-0.2, -0.15) is 0 Å². The van der Waals surface area contributed by atoms with Gasteiger partial charge in [-0.1, -0.05) is 0 Å². The van der Waals surface area contributed by atoms with Crippen molar-refractivity contribution in [1.29, 1.82) is 0 Å². The average Bonchev–Trinajstić information content (AvgIpc) is 3.22. The molecule has 0 atom stereocenters. The summed E-state index contributed by atoms with van der Waals surface area (Å²) in [5.74, 6) is 0.466. The Balaban J connectivity index is 1.82. The number of ether oxygens (including phenoxy) is 1. The van der Waals surface area contributed by atoms with Crippen molar-refractivity contribution in [1.82, 2.24) is 14.9 Å². The standard InChI is InChI=1S/C18H19N3O2S/c1-12-13(2)24-18(21-8-4-5-9-21)16(12)17(22)20-11-14-6-7-19-15(10-14)23-3/h4-10H,11H2,1-3H3,(H,20,22). The fourth-order valence-electron chi connectivity index (χ4n) is 2.47. The number of nitrogens with zero attached hydrogens (tertiary/aromatic N) is 2. The Morgan fingerprint density at radius 2 is 2.08 bits per heavy atom. The molecule has 0 spiro atoms. The van der Waals surface area contributed by atoms with Gasteiger partial charge in [-0.05, 0) is 43.2 Å². The Kier molecular flexibility index (Phi) is 4.66. The van der Waals surface area contributed by atoms with Crippen LogP contribution in [0.5, 0.6) is 5.88 Å². The number of hydrogen-bond acceptors (Lipinski definition) is 4. The first kappa shape index (κ1) is 16.3. The van der Waals surface area contributed by atoms with Gasteiger partial charge in [0, 0.05) is 36.1 Å². The van der Waals surface area contributed by atoms with Crippen molar-refractivity contribution in [3.8, 4) is 10.9 Å². The molecule has 1 N–H and O–H groups in total. The van der Waals surface area contributed by atoms with E-state index in [-0.39, 0.29) is 5.91 Å². The number of aromatic nitrogens is 2. The molecule has 3 heterocycles. The first-order valence-corrected chi connectivity index (χ1v) is 8.42. The summed E-state index contributed by atoms with van der Waals surface area (Å²) >= 11 is 1.63. The third-order valence-corrected chi connectivity index (χ3v) is 5.11. The van der Waals surface area contributed by atoms with E-state index < -0.39 is 0 Å². The molecule has 0 saturated heterocycles. The molecule has 0 aliphatic rings. The maximum atomic E-state index is 12.8. The smallest absolute Gasteiger partial charge is 0.254 e. The zero-order valence-corrected chi connectivity index (χ0v) is 14.7. The van der Waals surface area contributed by atoms with E-state index in [0.717, 1.165) is 26.6 Å². The third kappa shape index (κ3) is 3.19. The molecule has 1 amide bonds. The molecule has 0 radical (unpaired) electrons. The summed E-state index contributed by atoms with van der Waals surface area (Å²) in [5.41, 5.74) is 2.70. The predicted octanol–water partition coefficient (Wildman–Crippen LogP) is 3.49. The normalized spacial score (nSPS) is 10.6. The van der Waals surface area contributed by atoms with Crippen molar-refractivity contribution in [2.24, 2.45) is 0 Å². The lowest BCUT2D eigenvalue weighted by atomic mass is 10.1. The lowest BCUT2D eigenvalue weighted by molar-refractivity contribution is 0.0950. The molecule has 5 nitrogen and oxygen atoms in total. The monoisotopic (exact) mass is 341 g/mol. The van der Waals surface area contributed by atoms with Gasteiger partial charge in [0.1, 0.15) is 5.00 Å². The first-order valence-electron chi connectivity index (χ1n) is 7.60. The van der Waals surface area contributed by atoms with Crippen LogP contribution >= 0.6 is 11.3 Å². The Bertz CT molecular complexity index is 853. The highest BCUT2D eigenvalue weighted by molar-refractivity contribution is 7.15. The average molecular weight is 341 g/mol. The maximum absolute atomic E-state index is 12.8. The van der Waals surface area contributed by atoms with E-state index in [1.807, 2.05) is 55.1 Å². The van der Waals surface area contributed by atoms with Gasteiger partial charge in [0.15, 0.2) is 0 Å². The zero-order chi connectivity index (χ0) is 17.1. The zero-order valence-electron chi connectivity index (χ0n) is 13.9. The van der Waals surface area contributed by atoms with Crippen molar-refractivity contribution in [2.75, 3.05) is 7.11 Å². The van der Waals surface area contributed by atoms with Crippen LogP contribution in [0.25, 0.3) is 5.00 Å². The number of carbonyl (C=O) groups is 1. The van der Waals surface area contributed by atoms with Crippen LogP contribution in [0.1, 0.15) is 26.4 Å². The molecule has 24 heavy (non-hydrogen) atoms. The van der Waals surface area contributed by atoms with Gasteiger partial charge in [0.2, 0.25) is 5.88 Å². The second-order valence-corrected chi connectivity index (χ2v) is 6.65. The highest BCUT2D eigenvalue weighted by atomic mass is 32.1. The van der Waals surface area contributed by atoms with E-state index in [2.05, 4.69) is 10.3 Å². The van der Waals surface area contributed by atoms with Crippen molar-refractivity contribution in [3.63, 3.8) is 0 Å². The quantitative estimate of drug-likeness (QED) is 0.773. The van der Waals surface area contributed by atoms with Crippen LogP contribution in [0.2, 0.25) is 0 Å². The molecule has 6 heteroatoms. The number of amides is 1. The van der Waals surface area contributed by atoms with Crippen LogP contribution in [0.15, 0.2) is 42.9 Å². The fourth-order valence-corrected chi connectivity index (χ4v) is 3.59. The Morgan fingerprint density at radius 1 is 1.33 bits per heavy atom. The van der Waals surface area contributed by atoms with Gasteiger partial charge in [0.25, 0.3) is 5.91 Å². The Morgan fingerprint density at radius 3 is 2.79 bits per heavy atom. The molecule has 3 aromatic heterocycles. The van der Waals surface area contributed by atoms with Gasteiger partial charge < -0.3 is 14.6 Å². The van der Waals surface area contributed by atoms with Gasteiger partial charge in [-0.15, -0.1) is 11.3 Å². The minimum absolute atomic E-state index is 0.0728. The molecule has 124 valence electrons. The summed E-state index contributed by atoms with van der Waals surface area (Å²) in [6.45, 7) is 4.46. The second kappa shape index (κ2) is 6.88. The number of carbonyl (C=O) groups excluding carboxylic acids is 1. The number of pyridine rings is 1. The van der Waals surface area contributed by atoms with Crippen LogP contribution in [-0.2, 0) is 6.54 Å². The highest BCUT2D eigenvalue weighted by Crippen LogP contribution is 2.30. The molecule has 0 fully saturated rings. The van der Waals surface area contributed by atoms with Crippen LogP contribution in [0, 0.1) is 13.8 Å². The molecule has 3 aromatic rings. The lowest BCUT2D eigenvalue weighted by Gasteiger charge is -2.09. The predicted molar refractivity (Wildman–Crippen MR) is 95.1 cm³/mol. The summed E-state index contributed by atoms with van der Waals surface area (Å²) in [7, 11) is 1.57. The summed E-state index contributed by atoms with van der Waals surface area (Å²) in [4.78, 5) is 18.0. The largest absolute Gasteiger partial charge is 0.481 e. The van der Waals surface area contributed by atoms with Gasteiger partial charge in [-0.25, -0.2) is 4.98 Å².